The molecular formula is C20H20F3NO3. The molecule has 0 aliphatic carbocycles. The van der Waals surface area contributed by atoms with E-state index in [2.05, 4.69) is 4.74 Å². The van der Waals surface area contributed by atoms with Gasteiger partial charge in [-0.2, -0.15) is 13.2 Å². The van der Waals surface area contributed by atoms with E-state index in [1.54, 1.807) is 6.92 Å². The summed E-state index contributed by atoms with van der Waals surface area (Å²) in [5.41, 5.74) is 0.148. The summed E-state index contributed by atoms with van der Waals surface area (Å²) in [5.74, 6) is -0.926. The number of amides is 1. The smallest absolute Gasteiger partial charge is 0.416 e. The Balaban J connectivity index is 2.28. The minimum absolute atomic E-state index is 0.0138. The SMILES string of the molecule is COC(=O)CCN(C(=O)c1ccc(C(F)(F)F)cc1)C(C)c1ccccc1. The quantitative estimate of drug-likeness (QED) is 0.696. The van der Waals surface area contributed by atoms with E-state index in [0.29, 0.717) is 0 Å². The van der Waals surface area contributed by atoms with Crippen molar-refractivity contribution in [1.82, 2.24) is 4.90 Å². The summed E-state index contributed by atoms with van der Waals surface area (Å²) in [6.45, 7) is 1.89. The Kier molecular flexibility index (Phi) is 6.60. The van der Waals surface area contributed by atoms with Gasteiger partial charge in [0, 0.05) is 12.1 Å². The highest BCUT2D eigenvalue weighted by Gasteiger charge is 2.31. The number of alkyl halides is 3. The fraction of sp³-hybridized carbons (Fsp3) is 0.300. The molecular weight excluding hydrogens is 359 g/mol. The zero-order chi connectivity index (χ0) is 20.0. The van der Waals surface area contributed by atoms with Crippen LogP contribution in [0, 0.1) is 0 Å². The predicted octanol–water partition coefficient (Wildman–Crippen LogP) is 4.47. The van der Waals surface area contributed by atoms with E-state index in [9.17, 15) is 22.8 Å². The minimum atomic E-state index is -4.47. The van der Waals surface area contributed by atoms with E-state index in [4.69, 9.17) is 0 Å². The molecule has 1 amide bonds. The Morgan fingerprint density at radius 1 is 1.04 bits per heavy atom. The molecule has 0 bridgehead atoms. The van der Waals surface area contributed by atoms with Crippen molar-refractivity contribution < 1.29 is 27.5 Å². The number of carbonyl (C=O) groups excluding carboxylic acids is 2. The Labute approximate surface area is 155 Å². The lowest BCUT2D eigenvalue weighted by molar-refractivity contribution is -0.141. The van der Waals surface area contributed by atoms with Crippen LogP contribution in [0.4, 0.5) is 13.2 Å². The third-order valence-electron chi connectivity index (χ3n) is 4.25. The third kappa shape index (κ3) is 5.32. The van der Waals surface area contributed by atoms with Crippen LogP contribution in [-0.4, -0.2) is 30.4 Å². The molecule has 0 saturated heterocycles. The van der Waals surface area contributed by atoms with Gasteiger partial charge in [0.05, 0.1) is 25.1 Å². The van der Waals surface area contributed by atoms with Crippen molar-refractivity contribution in [3.8, 4) is 0 Å². The minimum Gasteiger partial charge on any atom is -0.469 e. The van der Waals surface area contributed by atoms with Crippen LogP contribution < -0.4 is 0 Å². The van der Waals surface area contributed by atoms with E-state index in [1.807, 2.05) is 30.3 Å². The van der Waals surface area contributed by atoms with Crippen molar-refractivity contribution in [2.75, 3.05) is 13.7 Å². The van der Waals surface area contributed by atoms with Gasteiger partial charge in [0.2, 0.25) is 0 Å². The molecule has 2 rings (SSSR count). The number of methoxy groups -OCH3 is 1. The second kappa shape index (κ2) is 8.70. The second-order valence-electron chi connectivity index (χ2n) is 5.99. The number of benzene rings is 2. The van der Waals surface area contributed by atoms with Gasteiger partial charge in [0.15, 0.2) is 0 Å². The van der Waals surface area contributed by atoms with Gasteiger partial charge in [-0.1, -0.05) is 30.3 Å². The van der Waals surface area contributed by atoms with Crippen molar-refractivity contribution in [3.05, 3.63) is 71.3 Å². The third-order valence-corrected chi connectivity index (χ3v) is 4.25. The van der Waals surface area contributed by atoms with Crippen LogP contribution in [0.1, 0.15) is 40.9 Å². The van der Waals surface area contributed by atoms with Crippen LogP contribution >= 0.6 is 0 Å². The number of esters is 1. The summed E-state index contributed by atoms with van der Waals surface area (Å²) in [6, 6.07) is 12.9. The maximum Gasteiger partial charge on any atom is 0.416 e. The number of nitrogens with zero attached hydrogens (tertiary/aromatic N) is 1. The summed E-state index contributed by atoms with van der Waals surface area (Å²) >= 11 is 0. The molecule has 144 valence electrons. The lowest BCUT2D eigenvalue weighted by Gasteiger charge is -2.29. The molecule has 0 spiro atoms. The van der Waals surface area contributed by atoms with E-state index < -0.39 is 23.6 Å². The van der Waals surface area contributed by atoms with Crippen LogP contribution in [0.15, 0.2) is 54.6 Å². The summed E-state index contributed by atoms with van der Waals surface area (Å²) < 4.78 is 42.8. The predicted molar refractivity (Wildman–Crippen MR) is 94.0 cm³/mol. The summed E-state index contributed by atoms with van der Waals surface area (Å²) in [5, 5.41) is 0. The number of ether oxygens (including phenoxy) is 1. The highest BCUT2D eigenvalue weighted by atomic mass is 19.4. The lowest BCUT2D eigenvalue weighted by Crippen LogP contribution is -2.35. The molecule has 0 radical (unpaired) electrons. The zero-order valence-electron chi connectivity index (χ0n) is 15.0. The van der Waals surface area contributed by atoms with Gasteiger partial charge in [-0.25, -0.2) is 0 Å². The van der Waals surface area contributed by atoms with Crippen LogP contribution in [0.3, 0.4) is 0 Å². The lowest BCUT2D eigenvalue weighted by atomic mass is 10.0. The topological polar surface area (TPSA) is 46.6 Å². The molecule has 27 heavy (non-hydrogen) atoms. The van der Waals surface area contributed by atoms with Gasteiger partial charge in [-0.3, -0.25) is 9.59 Å². The first-order chi connectivity index (χ1) is 12.7. The Hall–Kier alpha value is -2.83. The van der Waals surface area contributed by atoms with Crippen molar-refractivity contribution >= 4 is 11.9 Å². The van der Waals surface area contributed by atoms with Crippen LogP contribution in [0.2, 0.25) is 0 Å². The fourth-order valence-corrected chi connectivity index (χ4v) is 2.66. The van der Waals surface area contributed by atoms with Crippen LogP contribution in [-0.2, 0) is 15.7 Å². The standard InChI is InChI=1S/C20H20F3NO3/c1-14(15-6-4-3-5-7-15)24(13-12-18(25)27-2)19(26)16-8-10-17(11-9-16)20(21,22)23/h3-11,14H,12-13H2,1-2H3. The highest BCUT2D eigenvalue weighted by molar-refractivity contribution is 5.94. The van der Waals surface area contributed by atoms with Gasteiger partial charge in [0.25, 0.3) is 5.91 Å². The van der Waals surface area contributed by atoms with Crippen molar-refractivity contribution in [2.45, 2.75) is 25.6 Å². The normalized spacial score (nSPS) is 12.3. The molecule has 0 fully saturated rings. The van der Waals surface area contributed by atoms with E-state index in [1.165, 1.54) is 12.0 Å². The summed E-state index contributed by atoms with van der Waals surface area (Å²) in [6.07, 6.45) is -4.48. The number of rotatable bonds is 6. The van der Waals surface area contributed by atoms with Crippen LogP contribution in [0.5, 0.6) is 0 Å². The number of carbonyl (C=O) groups is 2. The maximum atomic E-state index is 12.9. The average Bonchev–Trinajstić information content (AvgIpc) is 2.67. The maximum absolute atomic E-state index is 12.9. The van der Waals surface area contributed by atoms with Gasteiger partial charge in [0.1, 0.15) is 0 Å². The van der Waals surface area contributed by atoms with E-state index in [0.717, 1.165) is 29.8 Å². The average molecular weight is 379 g/mol. The molecule has 4 nitrogen and oxygen atoms in total. The van der Waals surface area contributed by atoms with Gasteiger partial charge >= 0.3 is 12.1 Å². The number of halogens is 3. The van der Waals surface area contributed by atoms with E-state index >= 15 is 0 Å². The first-order valence-electron chi connectivity index (χ1n) is 8.34. The summed E-state index contributed by atoms with van der Waals surface area (Å²) in [4.78, 5) is 25.9. The zero-order valence-corrected chi connectivity index (χ0v) is 15.0. The highest BCUT2D eigenvalue weighted by Crippen LogP contribution is 2.30. The molecule has 2 aromatic rings. The molecule has 0 aliphatic heterocycles. The molecule has 0 aromatic heterocycles. The molecule has 0 N–H and O–H groups in total. The Morgan fingerprint density at radius 3 is 2.15 bits per heavy atom. The molecule has 1 unspecified atom stereocenters. The van der Waals surface area contributed by atoms with Crippen LogP contribution in [0.25, 0.3) is 0 Å². The first-order valence-corrected chi connectivity index (χ1v) is 8.34. The van der Waals surface area contributed by atoms with Crippen molar-refractivity contribution in [1.29, 1.82) is 0 Å². The van der Waals surface area contributed by atoms with Crippen molar-refractivity contribution in [3.63, 3.8) is 0 Å². The molecule has 7 heteroatoms. The van der Waals surface area contributed by atoms with Gasteiger partial charge in [-0.05, 0) is 36.8 Å². The van der Waals surface area contributed by atoms with E-state index in [-0.39, 0.29) is 24.6 Å². The van der Waals surface area contributed by atoms with Crippen molar-refractivity contribution in [2.24, 2.45) is 0 Å². The Bertz CT molecular complexity index is 773. The molecule has 0 heterocycles. The largest absolute Gasteiger partial charge is 0.469 e. The molecule has 0 saturated carbocycles. The summed E-state index contributed by atoms with van der Waals surface area (Å²) in [7, 11) is 1.25. The number of hydrogen-bond acceptors (Lipinski definition) is 3. The second-order valence-corrected chi connectivity index (χ2v) is 5.99. The first kappa shape index (κ1) is 20.5. The molecule has 1 atom stereocenters. The molecule has 2 aromatic carbocycles. The fourth-order valence-electron chi connectivity index (χ4n) is 2.66. The van der Waals surface area contributed by atoms with Gasteiger partial charge in [-0.15, -0.1) is 0 Å². The number of hydrogen-bond donors (Lipinski definition) is 0. The monoisotopic (exact) mass is 379 g/mol. The van der Waals surface area contributed by atoms with Gasteiger partial charge < -0.3 is 9.64 Å². The Morgan fingerprint density at radius 2 is 1.63 bits per heavy atom. The molecule has 0 aliphatic rings.